The molecule has 1 aromatic rings. The van der Waals surface area contributed by atoms with Crippen molar-refractivity contribution < 1.29 is 13.2 Å². The average molecular weight is 243 g/mol. The van der Waals surface area contributed by atoms with E-state index in [1.54, 1.807) is 0 Å². The summed E-state index contributed by atoms with van der Waals surface area (Å²) in [5, 5.41) is 6.07. The van der Waals surface area contributed by atoms with Crippen LogP contribution < -0.4 is 0 Å². The zero-order valence-electron chi connectivity index (χ0n) is 5.95. The van der Waals surface area contributed by atoms with E-state index in [0.29, 0.717) is 17.4 Å². The number of nitrogens with zero attached hydrogens (tertiary/aromatic N) is 1. The second-order valence-electron chi connectivity index (χ2n) is 2.22. The number of hydrogen-bond acceptors (Lipinski definition) is 1. The zero-order valence-corrected chi connectivity index (χ0v) is 7.54. The van der Waals surface area contributed by atoms with Crippen molar-refractivity contribution in [2.24, 2.45) is 0 Å². The first kappa shape index (κ1) is 9.57. The van der Waals surface area contributed by atoms with Crippen LogP contribution in [0, 0.1) is 0 Å². The SMILES string of the molecule is FC(F)(F)c1cc(CCBr)[nH]n1. The predicted octanol–water partition coefficient (Wildman–Crippen LogP) is 2.37. The van der Waals surface area contributed by atoms with Gasteiger partial charge in [-0.3, -0.25) is 5.10 Å². The maximum atomic E-state index is 11.9. The van der Waals surface area contributed by atoms with Crippen molar-refractivity contribution in [1.29, 1.82) is 0 Å². The lowest BCUT2D eigenvalue weighted by Crippen LogP contribution is -2.04. The Hall–Kier alpha value is -0.520. The molecule has 1 aromatic heterocycles. The number of H-pyrrole nitrogens is 1. The Morgan fingerprint density at radius 2 is 2.17 bits per heavy atom. The molecular weight excluding hydrogens is 237 g/mol. The van der Waals surface area contributed by atoms with Gasteiger partial charge in [-0.1, -0.05) is 15.9 Å². The lowest BCUT2D eigenvalue weighted by atomic mass is 10.3. The van der Waals surface area contributed by atoms with Crippen LogP contribution in [0.4, 0.5) is 13.2 Å². The molecule has 1 rings (SSSR count). The van der Waals surface area contributed by atoms with E-state index >= 15 is 0 Å². The van der Waals surface area contributed by atoms with Gasteiger partial charge in [0.1, 0.15) is 0 Å². The summed E-state index contributed by atoms with van der Waals surface area (Å²) in [6.07, 6.45) is -3.83. The normalized spacial score (nSPS) is 12.0. The lowest BCUT2D eigenvalue weighted by Gasteiger charge is -1.98. The van der Waals surface area contributed by atoms with Gasteiger partial charge in [-0.15, -0.1) is 0 Å². The predicted molar refractivity (Wildman–Crippen MR) is 41.1 cm³/mol. The van der Waals surface area contributed by atoms with Crippen LogP contribution in [0.3, 0.4) is 0 Å². The van der Waals surface area contributed by atoms with Crippen LogP contribution >= 0.6 is 15.9 Å². The molecule has 0 saturated carbocycles. The van der Waals surface area contributed by atoms with E-state index in [1.165, 1.54) is 0 Å². The third-order valence-corrected chi connectivity index (χ3v) is 1.68. The van der Waals surface area contributed by atoms with Crippen LogP contribution in [-0.4, -0.2) is 15.5 Å². The number of alkyl halides is 4. The van der Waals surface area contributed by atoms with Gasteiger partial charge in [-0.25, -0.2) is 0 Å². The molecule has 68 valence electrons. The number of hydrogen-bond donors (Lipinski definition) is 1. The van der Waals surface area contributed by atoms with Gasteiger partial charge in [0, 0.05) is 11.0 Å². The maximum Gasteiger partial charge on any atom is 0.435 e. The van der Waals surface area contributed by atoms with Gasteiger partial charge in [0.05, 0.1) is 0 Å². The number of aromatic nitrogens is 2. The maximum absolute atomic E-state index is 11.9. The molecule has 1 heterocycles. The van der Waals surface area contributed by atoms with Crippen LogP contribution in [0.2, 0.25) is 0 Å². The molecule has 0 spiro atoms. The van der Waals surface area contributed by atoms with Crippen LogP contribution in [0.25, 0.3) is 0 Å². The second kappa shape index (κ2) is 3.47. The Labute approximate surface area is 75.3 Å². The Morgan fingerprint density at radius 1 is 1.50 bits per heavy atom. The van der Waals surface area contributed by atoms with Crippen molar-refractivity contribution in [2.45, 2.75) is 12.6 Å². The summed E-state index contributed by atoms with van der Waals surface area (Å²) in [7, 11) is 0. The molecule has 6 heteroatoms. The van der Waals surface area contributed by atoms with E-state index in [9.17, 15) is 13.2 Å². The second-order valence-corrected chi connectivity index (χ2v) is 3.01. The van der Waals surface area contributed by atoms with E-state index < -0.39 is 11.9 Å². The number of halogens is 4. The molecule has 2 nitrogen and oxygen atoms in total. The first-order valence-corrected chi connectivity index (χ1v) is 4.33. The van der Waals surface area contributed by atoms with Gasteiger partial charge >= 0.3 is 6.18 Å². The van der Waals surface area contributed by atoms with Crippen molar-refractivity contribution in [3.63, 3.8) is 0 Å². The van der Waals surface area contributed by atoms with Crippen LogP contribution in [0.15, 0.2) is 6.07 Å². The highest BCUT2D eigenvalue weighted by molar-refractivity contribution is 9.09. The summed E-state index contributed by atoms with van der Waals surface area (Å²) in [4.78, 5) is 0. The average Bonchev–Trinajstić information content (AvgIpc) is 2.35. The molecule has 0 aliphatic carbocycles. The molecule has 0 bridgehead atoms. The van der Waals surface area contributed by atoms with Crippen LogP contribution in [0.5, 0.6) is 0 Å². The summed E-state index contributed by atoms with van der Waals surface area (Å²) in [5.41, 5.74) is -0.377. The van der Waals surface area contributed by atoms with E-state index in [-0.39, 0.29) is 0 Å². The molecule has 0 unspecified atom stereocenters. The van der Waals surface area contributed by atoms with Gasteiger partial charge < -0.3 is 0 Å². The summed E-state index contributed by atoms with van der Waals surface area (Å²) in [5.74, 6) is 0. The van der Waals surface area contributed by atoms with E-state index in [0.717, 1.165) is 6.07 Å². The summed E-state index contributed by atoms with van der Waals surface area (Å²) < 4.78 is 35.8. The Bertz CT molecular complexity index is 256. The van der Waals surface area contributed by atoms with Crippen molar-refractivity contribution in [2.75, 3.05) is 5.33 Å². The molecule has 0 aliphatic heterocycles. The van der Waals surface area contributed by atoms with Crippen molar-refractivity contribution in [1.82, 2.24) is 10.2 Å². The van der Waals surface area contributed by atoms with Crippen molar-refractivity contribution in [3.8, 4) is 0 Å². The van der Waals surface area contributed by atoms with E-state index in [4.69, 9.17) is 0 Å². The Morgan fingerprint density at radius 3 is 2.58 bits per heavy atom. The highest BCUT2D eigenvalue weighted by atomic mass is 79.9. The van der Waals surface area contributed by atoms with Gasteiger partial charge in [-0.05, 0) is 12.5 Å². The minimum atomic E-state index is -4.35. The monoisotopic (exact) mass is 242 g/mol. The highest BCUT2D eigenvalue weighted by Gasteiger charge is 2.33. The zero-order chi connectivity index (χ0) is 9.19. The topological polar surface area (TPSA) is 28.7 Å². The fourth-order valence-electron chi connectivity index (χ4n) is 0.737. The third kappa shape index (κ3) is 2.23. The first-order chi connectivity index (χ1) is 5.54. The molecule has 0 saturated heterocycles. The number of rotatable bonds is 2. The summed E-state index contributed by atoms with van der Waals surface area (Å²) in [6.45, 7) is 0. The van der Waals surface area contributed by atoms with Gasteiger partial charge in [0.15, 0.2) is 5.69 Å². The minimum absolute atomic E-state index is 0.485. The third-order valence-electron chi connectivity index (χ3n) is 1.29. The number of nitrogens with one attached hydrogen (secondary N) is 1. The van der Waals surface area contributed by atoms with Gasteiger partial charge in [0.25, 0.3) is 0 Å². The van der Waals surface area contributed by atoms with Crippen molar-refractivity contribution >= 4 is 15.9 Å². The minimum Gasteiger partial charge on any atom is -0.282 e. The van der Waals surface area contributed by atoms with Gasteiger partial charge in [0.2, 0.25) is 0 Å². The molecule has 0 aromatic carbocycles. The van der Waals surface area contributed by atoms with E-state index in [1.807, 2.05) is 0 Å². The highest BCUT2D eigenvalue weighted by Crippen LogP contribution is 2.27. The Kier molecular flexibility index (Phi) is 2.76. The standard InChI is InChI=1S/C6H6BrF3N2/c7-2-1-4-3-5(12-11-4)6(8,9)10/h3H,1-2H2,(H,11,12). The summed E-state index contributed by atoms with van der Waals surface area (Å²) >= 11 is 3.12. The lowest BCUT2D eigenvalue weighted by molar-refractivity contribution is -0.141. The molecule has 1 N–H and O–H groups in total. The van der Waals surface area contributed by atoms with Crippen LogP contribution in [0.1, 0.15) is 11.4 Å². The summed E-state index contributed by atoms with van der Waals surface area (Å²) in [6, 6.07) is 1.02. The number of aryl methyl sites for hydroxylation is 1. The quantitative estimate of drug-likeness (QED) is 0.793. The van der Waals surface area contributed by atoms with Crippen molar-refractivity contribution in [3.05, 3.63) is 17.5 Å². The molecule has 0 atom stereocenters. The molecule has 0 amide bonds. The largest absolute Gasteiger partial charge is 0.435 e. The first-order valence-electron chi connectivity index (χ1n) is 3.21. The van der Waals surface area contributed by atoms with E-state index in [2.05, 4.69) is 26.1 Å². The fourth-order valence-corrected chi connectivity index (χ4v) is 1.16. The van der Waals surface area contributed by atoms with Gasteiger partial charge in [-0.2, -0.15) is 18.3 Å². The molecule has 12 heavy (non-hydrogen) atoms. The smallest absolute Gasteiger partial charge is 0.282 e. The molecule has 0 radical (unpaired) electrons. The van der Waals surface area contributed by atoms with Crippen LogP contribution in [-0.2, 0) is 12.6 Å². The molecule has 0 aliphatic rings. The molecular formula is C6H6BrF3N2. The number of aromatic amines is 1. The Balaban J connectivity index is 2.77. The molecule has 0 fully saturated rings. The fraction of sp³-hybridized carbons (Fsp3) is 0.500.